The van der Waals surface area contributed by atoms with E-state index in [2.05, 4.69) is 33.1 Å². The first-order valence-corrected chi connectivity index (χ1v) is 7.90. The maximum absolute atomic E-state index is 5.56. The Hall–Kier alpha value is -2.74. The number of fused-ring (bicyclic) bond motifs is 1. The van der Waals surface area contributed by atoms with Gasteiger partial charge in [-0.1, -0.05) is 17.6 Å². The van der Waals surface area contributed by atoms with Gasteiger partial charge in [-0.2, -0.15) is 0 Å². The van der Waals surface area contributed by atoms with Gasteiger partial charge < -0.3 is 4.42 Å². The number of allylic oxidation sites excluding steroid dienone is 1. The summed E-state index contributed by atoms with van der Waals surface area (Å²) in [6, 6.07) is 4.05. The quantitative estimate of drug-likeness (QED) is 0.599. The molecule has 5 heteroatoms. The molecule has 2 aromatic rings. The van der Waals surface area contributed by atoms with Crippen LogP contribution in [0.25, 0.3) is 11.5 Å². The topological polar surface area (TPSA) is 64.2 Å². The first-order valence-electron chi connectivity index (χ1n) is 7.90. The Morgan fingerprint density at radius 2 is 2.17 bits per heavy atom. The molecule has 1 unspecified atom stereocenters. The van der Waals surface area contributed by atoms with E-state index in [1.54, 1.807) is 12.4 Å². The minimum atomic E-state index is 0.310. The highest BCUT2D eigenvalue weighted by Gasteiger charge is 2.21. The molecule has 1 saturated carbocycles. The number of aromatic nitrogens is 3. The van der Waals surface area contributed by atoms with Crippen molar-refractivity contribution in [1.82, 2.24) is 15.2 Å². The molecule has 0 N–H and O–H groups in total. The number of hydrogen-bond acceptors (Lipinski definition) is 5. The van der Waals surface area contributed by atoms with E-state index in [1.165, 1.54) is 24.8 Å². The van der Waals surface area contributed by atoms with Crippen LogP contribution in [0.3, 0.4) is 0 Å². The smallest absolute Gasteiger partial charge is 0.294 e. The predicted molar refractivity (Wildman–Crippen MR) is 86.8 cm³/mol. The van der Waals surface area contributed by atoms with Gasteiger partial charge in [0, 0.05) is 24.7 Å². The molecular weight excluding hydrogens is 288 g/mol. The van der Waals surface area contributed by atoms with E-state index in [1.807, 2.05) is 12.1 Å². The monoisotopic (exact) mass is 304 g/mol. The highest BCUT2D eigenvalue weighted by Crippen LogP contribution is 2.29. The molecule has 5 nitrogen and oxygen atoms in total. The van der Waals surface area contributed by atoms with Crippen LogP contribution in [0.1, 0.15) is 38.0 Å². The second-order valence-corrected chi connectivity index (χ2v) is 5.72. The van der Waals surface area contributed by atoms with Crippen molar-refractivity contribution in [2.45, 2.75) is 38.1 Å². The predicted octanol–water partition coefficient (Wildman–Crippen LogP) is 3.20. The molecule has 1 atom stereocenters. The lowest BCUT2D eigenvalue weighted by molar-refractivity contribution is 0.532. The molecule has 0 saturated heterocycles. The van der Waals surface area contributed by atoms with Gasteiger partial charge in [0.1, 0.15) is 0 Å². The largest absolute Gasteiger partial charge is 0.410 e. The van der Waals surface area contributed by atoms with E-state index in [0.29, 0.717) is 17.8 Å². The molecule has 1 fully saturated rings. The van der Waals surface area contributed by atoms with Gasteiger partial charge in [0.2, 0.25) is 5.89 Å². The number of nitrogens with zero attached hydrogens (tertiary/aromatic N) is 4. The van der Waals surface area contributed by atoms with Crippen molar-refractivity contribution in [1.29, 1.82) is 0 Å². The van der Waals surface area contributed by atoms with Gasteiger partial charge >= 0.3 is 0 Å². The van der Waals surface area contributed by atoms with Crippen LogP contribution in [-0.4, -0.2) is 26.9 Å². The first kappa shape index (κ1) is 13.9. The van der Waals surface area contributed by atoms with Crippen molar-refractivity contribution in [3.63, 3.8) is 0 Å². The molecule has 0 aromatic carbocycles. The highest BCUT2D eigenvalue weighted by atomic mass is 16.4. The van der Waals surface area contributed by atoms with Gasteiger partial charge in [-0.05, 0) is 42.9 Å². The van der Waals surface area contributed by atoms with Gasteiger partial charge in [-0.3, -0.25) is 9.98 Å². The summed E-state index contributed by atoms with van der Waals surface area (Å²) in [4.78, 5) is 8.80. The molecule has 3 heterocycles. The number of pyridine rings is 1. The van der Waals surface area contributed by atoms with E-state index in [9.17, 15) is 0 Å². The number of rotatable bonds is 1. The van der Waals surface area contributed by atoms with Crippen LogP contribution >= 0.6 is 0 Å². The molecule has 23 heavy (non-hydrogen) atoms. The first-order chi connectivity index (χ1) is 11.4. The minimum Gasteiger partial charge on any atom is -0.410 e. The SMILES string of the molecule is C(#Cc1nnc(-c2cccnc2)o1)C1=NC2CCCCC2=CC1. The Bertz CT molecular complexity index is 823. The third-order valence-electron chi connectivity index (χ3n) is 4.14. The summed E-state index contributed by atoms with van der Waals surface area (Å²) < 4.78 is 5.56. The standard InChI is InChI=1S/C18H16N4O/c1-2-6-16-13(4-1)7-8-15(20-16)9-10-17-21-22-18(23-17)14-5-3-11-19-12-14/h3,5,7,11-12,16H,1-2,4,6,8H2. The average molecular weight is 304 g/mol. The number of hydrogen-bond donors (Lipinski definition) is 0. The van der Waals surface area contributed by atoms with E-state index in [4.69, 9.17) is 9.41 Å². The second-order valence-electron chi connectivity index (χ2n) is 5.72. The second kappa shape index (κ2) is 6.17. The summed E-state index contributed by atoms with van der Waals surface area (Å²) in [5, 5.41) is 7.97. The van der Waals surface area contributed by atoms with Crippen LogP contribution in [-0.2, 0) is 0 Å². The zero-order chi connectivity index (χ0) is 15.5. The van der Waals surface area contributed by atoms with Gasteiger partial charge in [-0.15, -0.1) is 5.10 Å². The third-order valence-corrected chi connectivity index (χ3v) is 4.14. The summed E-state index contributed by atoms with van der Waals surface area (Å²) in [5.74, 6) is 6.75. The lowest BCUT2D eigenvalue weighted by Gasteiger charge is -2.25. The van der Waals surface area contributed by atoms with Crippen LogP contribution in [0.5, 0.6) is 0 Å². The summed E-state index contributed by atoms with van der Waals surface area (Å²) in [6.45, 7) is 0. The van der Waals surface area contributed by atoms with Crippen molar-refractivity contribution in [3.8, 4) is 23.3 Å². The molecule has 0 bridgehead atoms. The highest BCUT2D eigenvalue weighted by molar-refractivity contribution is 6.02. The Morgan fingerprint density at radius 1 is 1.17 bits per heavy atom. The third kappa shape index (κ3) is 3.07. The Balaban J connectivity index is 1.51. The fourth-order valence-electron chi connectivity index (χ4n) is 2.96. The summed E-state index contributed by atoms with van der Waals surface area (Å²) in [5.41, 5.74) is 3.18. The van der Waals surface area contributed by atoms with Crippen molar-refractivity contribution < 1.29 is 4.42 Å². The van der Waals surface area contributed by atoms with Crippen molar-refractivity contribution in [3.05, 3.63) is 42.1 Å². The molecule has 4 rings (SSSR count). The van der Waals surface area contributed by atoms with Gasteiger partial charge in [0.05, 0.1) is 17.3 Å². The van der Waals surface area contributed by atoms with Crippen molar-refractivity contribution in [2.75, 3.05) is 0 Å². The van der Waals surface area contributed by atoms with Crippen LogP contribution in [0, 0.1) is 11.8 Å². The van der Waals surface area contributed by atoms with Crippen LogP contribution in [0.2, 0.25) is 0 Å². The Morgan fingerprint density at radius 3 is 3.09 bits per heavy atom. The van der Waals surface area contributed by atoms with Crippen molar-refractivity contribution >= 4 is 5.71 Å². The van der Waals surface area contributed by atoms with E-state index < -0.39 is 0 Å². The average Bonchev–Trinajstić information content (AvgIpc) is 3.10. The zero-order valence-corrected chi connectivity index (χ0v) is 12.7. The van der Waals surface area contributed by atoms with Gasteiger partial charge in [0.15, 0.2) is 0 Å². The molecule has 2 aromatic heterocycles. The van der Waals surface area contributed by atoms with Crippen LogP contribution in [0.4, 0.5) is 0 Å². The maximum Gasteiger partial charge on any atom is 0.294 e. The summed E-state index contributed by atoms with van der Waals surface area (Å²) in [7, 11) is 0. The maximum atomic E-state index is 5.56. The van der Waals surface area contributed by atoms with E-state index in [0.717, 1.165) is 24.1 Å². The number of dihydropyridines is 1. The minimum absolute atomic E-state index is 0.310. The van der Waals surface area contributed by atoms with Crippen LogP contribution < -0.4 is 0 Å². The zero-order valence-electron chi connectivity index (χ0n) is 12.7. The van der Waals surface area contributed by atoms with Gasteiger partial charge in [0.25, 0.3) is 5.89 Å². The molecule has 0 radical (unpaired) electrons. The van der Waals surface area contributed by atoms with Crippen molar-refractivity contribution in [2.24, 2.45) is 4.99 Å². The lowest BCUT2D eigenvalue weighted by atomic mass is 9.87. The molecular formula is C18H16N4O. The van der Waals surface area contributed by atoms with Crippen LogP contribution in [0.15, 0.2) is 45.6 Å². The summed E-state index contributed by atoms with van der Waals surface area (Å²) >= 11 is 0. The molecule has 0 spiro atoms. The summed E-state index contributed by atoms with van der Waals surface area (Å²) in [6.07, 6.45) is 11.4. The molecule has 1 aliphatic heterocycles. The molecule has 2 aliphatic rings. The fourth-order valence-corrected chi connectivity index (χ4v) is 2.96. The molecule has 114 valence electrons. The van der Waals surface area contributed by atoms with Gasteiger partial charge in [-0.25, -0.2) is 0 Å². The normalized spacial score (nSPS) is 19.9. The lowest BCUT2D eigenvalue weighted by Crippen LogP contribution is -2.19. The Labute approximate surface area is 134 Å². The van der Waals surface area contributed by atoms with E-state index in [-0.39, 0.29) is 0 Å². The number of aliphatic imine (C=N–C) groups is 1. The molecule has 1 aliphatic carbocycles. The Kier molecular flexibility index (Phi) is 3.73. The van der Waals surface area contributed by atoms with E-state index >= 15 is 0 Å². The molecule has 0 amide bonds. The fraction of sp³-hybridized carbons (Fsp3) is 0.333.